The molecule has 1 unspecified atom stereocenters. The Morgan fingerprint density at radius 3 is 2.59 bits per heavy atom. The van der Waals surface area contributed by atoms with Crippen LogP contribution < -0.4 is 14.4 Å². The number of ether oxygens (including phenoxy) is 2. The zero-order chi connectivity index (χ0) is 26.9. The summed E-state index contributed by atoms with van der Waals surface area (Å²) in [7, 11) is 1.58. The number of piperidine rings is 1. The number of aromatic nitrogens is 2. The van der Waals surface area contributed by atoms with E-state index in [9.17, 15) is 14.4 Å². The fraction of sp³-hybridized carbons (Fsp3) is 0.345. The second-order valence-corrected chi connectivity index (χ2v) is 10.0. The number of hydrogen-bond donors (Lipinski definition) is 0. The van der Waals surface area contributed by atoms with E-state index < -0.39 is 6.04 Å². The first-order chi connectivity index (χ1) is 19.0. The lowest BCUT2D eigenvalue weighted by atomic mass is 10.0. The van der Waals surface area contributed by atoms with Crippen molar-refractivity contribution < 1.29 is 23.9 Å². The molecule has 0 N–H and O–H groups in total. The number of benzene rings is 2. The summed E-state index contributed by atoms with van der Waals surface area (Å²) >= 11 is 0. The molecular weight excluding hydrogens is 498 g/mol. The van der Waals surface area contributed by atoms with Gasteiger partial charge in [-0.15, -0.1) is 0 Å². The maximum absolute atomic E-state index is 13.4. The highest BCUT2D eigenvalue weighted by Gasteiger charge is 2.42. The summed E-state index contributed by atoms with van der Waals surface area (Å²) in [6, 6.07) is 12.1. The van der Waals surface area contributed by atoms with Crippen LogP contribution in [0.15, 0.2) is 61.1 Å². The highest BCUT2D eigenvalue weighted by molar-refractivity contribution is 6.05. The average Bonchev–Trinajstić information content (AvgIpc) is 3.56. The Balaban J connectivity index is 1.12. The van der Waals surface area contributed by atoms with Gasteiger partial charge in [0.05, 0.1) is 26.4 Å². The summed E-state index contributed by atoms with van der Waals surface area (Å²) in [5.41, 5.74) is 2.22. The van der Waals surface area contributed by atoms with Gasteiger partial charge in [-0.05, 0) is 47.9 Å². The summed E-state index contributed by atoms with van der Waals surface area (Å²) in [6.07, 6.45) is 6.46. The van der Waals surface area contributed by atoms with Crippen LogP contribution >= 0.6 is 0 Å². The Labute approximate surface area is 226 Å². The number of fused-ring (bicyclic) bond motifs is 1. The molecule has 10 nitrogen and oxygen atoms in total. The Bertz CT molecular complexity index is 1400. The van der Waals surface area contributed by atoms with Crippen LogP contribution in [0.3, 0.4) is 0 Å². The number of imide groups is 1. The van der Waals surface area contributed by atoms with Gasteiger partial charge >= 0.3 is 0 Å². The van der Waals surface area contributed by atoms with E-state index in [1.165, 1.54) is 4.90 Å². The number of nitrogens with zero attached hydrogens (tertiary/aromatic N) is 5. The van der Waals surface area contributed by atoms with E-state index in [0.717, 1.165) is 29.9 Å². The summed E-state index contributed by atoms with van der Waals surface area (Å²) < 4.78 is 11.4. The van der Waals surface area contributed by atoms with E-state index in [1.807, 2.05) is 24.3 Å². The predicted octanol–water partition coefficient (Wildman–Crippen LogP) is 2.82. The van der Waals surface area contributed by atoms with Gasteiger partial charge in [0, 0.05) is 43.9 Å². The van der Waals surface area contributed by atoms with Crippen LogP contribution in [-0.4, -0.2) is 69.8 Å². The number of methoxy groups -OCH3 is 1. The second-order valence-electron chi connectivity index (χ2n) is 10.0. The third-order valence-electron chi connectivity index (χ3n) is 7.59. The first-order valence-electron chi connectivity index (χ1n) is 13.1. The quantitative estimate of drug-likeness (QED) is 0.432. The van der Waals surface area contributed by atoms with Crippen LogP contribution in [0.2, 0.25) is 0 Å². The number of rotatable bonds is 7. The van der Waals surface area contributed by atoms with Gasteiger partial charge in [0.1, 0.15) is 29.5 Å². The van der Waals surface area contributed by atoms with Crippen LogP contribution in [-0.2, 0) is 22.7 Å². The monoisotopic (exact) mass is 527 g/mol. The molecule has 4 heterocycles. The van der Waals surface area contributed by atoms with Crippen molar-refractivity contribution in [1.29, 1.82) is 0 Å². The molecule has 3 aromatic rings. The van der Waals surface area contributed by atoms with Crippen molar-refractivity contribution in [2.45, 2.75) is 44.5 Å². The van der Waals surface area contributed by atoms with Crippen LogP contribution in [0.1, 0.15) is 40.7 Å². The van der Waals surface area contributed by atoms with Gasteiger partial charge in [0.25, 0.3) is 11.8 Å². The van der Waals surface area contributed by atoms with Crippen molar-refractivity contribution in [2.75, 3.05) is 25.1 Å². The highest BCUT2D eigenvalue weighted by Crippen LogP contribution is 2.33. The SMILES string of the molecule is COc1ccc(CN2C(=O)CCC(N3Cc4cc(O[C@@H]5CCN(c6cnccn6)C5)ccc4C3=O)C2=O)cc1. The highest BCUT2D eigenvalue weighted by atomic mass is 16.5. The van der Waals surface area contributed by atoms with Gasteiger partial charge in [-0.1, -0.05) is 12.1 Å². The largest absolute Gasteiger partial charge is 0.497 e. The second kappa shape index (κ2) is 10.4. The molecule has 2 saturated heterocycles. The Morgan fingerprint density at radius 1 is 1.00 bits per heavy atom. The van der Waals surface area contributed by atoms with Gasteiger partial charge in [0.2, 0.25) is 5.91 Å². The molecule has 2 fully saturated rings. The molecule has 200 valence electrons. The molecule has 39 heavy (non-hydrogen) atoms. The zero-order valence-corrected chi connectivity index (χ0v) is 21.7. The molecule has 10 heteroatoms. The average molecular weight is 528 g/mol. The normalized spacial score (nSPS) is 20.9. The number of amides is 3. The summed E-state index contributed by atoms with van der Waals surface area (Å²) in [6.45, 7) is 2.01. The van der Waals surface area contributed by atoms with E-state index >= 15 is 0 Å². The molecule has 3 aliphatic heterocycles. The number of anilines is 1. The standard InChI is InChI=1S/C29H29N5O5/c1-38-21-4-2-19(3-5-21)16-34-27(35)9-8-25(29(34)37)33-17-20-14-22(6-7-24(20)28(33)36)39-23-10-13-32(18-23)26-15-30-11-12-31-26/h2-7,11-12,14-15,23,25H,8-10,13,16-18H2,1H3/t23-,25?/m1/s1. The van der Waals surface area contributed by atoms with Crippen LogP contribution in [0, 0.1) is 0 Å². The minimum atomic E-state index is -0.680. The maximum atomic E-state index is 13.4. The zero-order valence-electron chi connectivity index (χ0n) is 21.7. The van der Waals surface area contributed by atoms with Crippen LogP contribution in [0.25, 0.3) is 0 Å². The van der Waals surface area contributed by atoms with Crippen molar-refractivity contribution in [2.24, 2.45) is 0 Å². The molecule has 0 spiro atoms. The van der Waals surface area contributed by atoms with E-state index in [2.05, 4.69) is 14.9 Å². The van der Waals surface area contributed by atoms with E-state index in [4.69, 9.17) is 9.47 Å². The first kappa shape index (κ1) is 24.8. The third-order valence-corrected chi connectivity index (χ3v) is 7.59. The number of carbonyl (C=O) groups excluding carboxylic acids is 3. The molecule has 0 saturated carbocycles. The summed E-state index contributed by atoms with van der Waals surface area (Å²) in [5, 5.41) is 0. The Kier molecular flexibility index (Phi) is 6.60. The van der Waals surface area contributed by atoms with Crippen molar-refractivity contribution in [3.05, 3.63) is 77.7 Å². The van der Waals surface area contributed by atoms with Crippen molar-refractivity contribution in [3.8, 4) is 11.5 Å². The topological polar surface area (TPSA) is 105 Å². The number of hydrogen-bond acceptors (Lipinski definition) is 8. The number of carbonyl (C=O) groups is 3. The fourth-order valence-electron chi connectivity index (χ4n) is 5.51. The maximum Gasteiger partial charge on any atom is 0.255 e. The van der Waals surface area contributed by atoms with Gasteiger partial charge < -0.3 is 19.3 Å². The lowest BCUT2D eigenvalue weighted by molar-refractivity contribution is -0.153. The molecule has 3 amide bonds. The molecule has 2 aromatic carbocycles. The van der Waals surface area contributed by atoms with Gasteiger partial charge in [0.15, 0.2) is 0 Å². The van der Waals surface area contributed by atoms with Crippen LogP contribution in [0.4, 0.5) is 5.82 Å². The molecule has 0 bridgehead atoms. The molecule has 0 aliphatic carbocycles. The minimum absolute atomic E-state index is 0.00397. The summed E-state index contributed by atoms with van der Waals surface area (Å²) in [4.78, 5) is 52.9. The molecular formula is C29H29N5O5. The predicted molar refractivity (Wildman–Crippen MR) is 141 cm³/mol. The van der Waals surface area contributed by atoms with E-state index in [-0.39, 0.29) is 36.8 Å². The van der Waals surface area contributed by atoms with E-state index in [0.29, 0.717) is 36.6 Å². The van der Waals surface area contributed by atoms with Gasteiger partial charge in [-0.3, -0.25) is 24.3 Å². The molecule has 2 atom stereocenters. The van der Waals surface area contributed by atoms with Gasteiger partial charge in [-0.25, -0.2) is 4.98 Å². The number of likely N-dealkylation sites (tertiary alicyclic amines) is 1. The molecule has 6 rings (SSSR count). The summed E-state index contributed by atoms with van der Waals surface area (Å²) in [5.74, 6) is 1.47. The van der Waals surface area contributed by atoms with Crippen molar-refractivity contribution in [1.82, 2.24) is 19.8 Å². The minimum Gasteiger partial charge on any atom is -0.497 e. The Hall–Kier alpha value is -4.47. The van der Waals surface area contributed by atoms with Crippen molar-refractivity contribution in [3.63, 3.8) is 0 Å². The molecule has 1 aromatic heterocycles. The lowest BCUT2D eigenvalue weighted by Gasteiger charge is -2.35. The van der Waals surface area contributed by atoms with Crippen LogP contribution in [0.5, 0.6) is 11.5 Å². The molecule has 0 radical (unpaired) electrons. The lowest BCUT2D eigenvalue weighted by Crippen LogP contribution is -2.54. The third kappa shape index (κ3) is 4.89. The first-order valence-corrected chi connectivity index (χ1v) is 13.1. The smallest absolute Gasteiger partial charge is 0.255 e. The van der Waals surface area contributed by atoms with E-state index in [1.54, 1.807) is 48.8 Å². The Morgan fingerprint density at radius 2 is 1.82 bits per heavy atom. The molecule has 3 aliphatic rings. The fourth-order valence-corrected chi connectivity index (χ4v) is 5.51. The van der Waals surface area contributed by atoms with Crippen molar-refractivity contribution >= 4 is 23.5 Å². The van der Waals surface area contributed by atoms with Gasteiger partial charge in [-0.2, -0.15) is 0 Å².